The van der Waals surface area contributed by atoms with E-state index in [1.54, 1.807) is 0 Å². The van der Waals surface area contributed by atoms with Gasteiger partial charge in [-0.3, -0.25) is 4.79 Å². The Morgan fingerprint density at radius 2 is 2.14 bits per heavy atom. The zero-order chi connectivity index (χ0) is 15.6. The van der Waals surface area contributed by atoms with Gasteiger partial charge >= 0.3 is 0 Å². The predicted molar refractivity (Wildman–Crippen MR) is 84.7 cm³/mol. The highest BCUT2D eigenvalue weighted by Gasteiger charge is 2.40. The average molecular weight is 351 g/mol. The molecule has 0 unspecified atom stereocenters. The molecule has 4 N–H and O–H groups in total. The molecule has 2 rings (SSSR count). The second-order valence-corrected chi connectivity index (χ2v) is 7.35. The van der Waals surface area contributed by atoms with Crippen LogP contribution in [0, 0.1) is 0 Å². The summed E-state index contributed by atoms with van der Waals surface area (Å²) in [5, 5.41) is 15.0. The van der Waals surface area contributed by atoms with Crippen LogP contribution in [0.2, 0.25) is 8.67 Å². The van der Waals surface area contributed by atoms with E-state index in [-0.39, 0.29) is 11.7 Å². The Hall–Kier alpha value is -1.02. The molecule has 1 aromatic heterocycles. The lowest BCUT2D eigenvalue weighted by atomic mass is 9.86. The Labute approximate surface area is 136 Å². The summed E-state index contributed by atoms with van der Waals surface area (Å²) in [7, 11) is 1.98. The quantitative estimate of drug-likeness (QED) is 0.336. The molecule has 0 atom stereocenters. The third-order valence-electron chi connectivity index (χ3n) is 3.69. The summed E-state index contributed by atoms with van der Waals surface area (Å²) in [6.07, 6.45) is 1.11. The standard InChI is InChI=1S/C12H16Cl2N4O2S/c1-18-4-2-12(3-5-18,11(15)17-20)16-10(19)7-6-8(13)21-9(7)14/h6,20H,2-5H2,1H3,(H2,15,17)(H,16,19). The summed E-state index contributed by atoms with van der Waals surface area (Å²) in [5.41, 5.74) is 5.24. The molecule has 0 saturated carbocycles. The number of carbonyl (C=O) groups is 1. The number of amides is 1. The van der Waals surface area contributed by atoms with Crippen molar-refractivity contribution in [2.24, 2.45) is 10.9 Å². The minimum atomic E-state index is -0.865. The van der Waals surface area contributed by atoms with E-state index in [2.05, 4.69) is 15.4 Å². The van der Waals surface area contributed by atoms with E-state index in [0.29, 0.717) is 27.1 Å². The van der Waals surface area contributed by atoms with Crippen molar-refractivity contribution in [3.05, 3.63) is 20.3 Å². The minimum absolute atomic E-state index is 0.00130. The monoisotopic (exact) mass is 350 g/mol. The van der Waals surface area contributed by atoms with E-state index >= 15 is 0 Å². The fourth-order valence-corrected chi connectivity index (χ4v) is 3.78. The van der Waals surface area contributed by atoms with Crippen molar-refractivity contribution < 1.29 is 10.0 Å². The summed E-state index contributed by atoms with van der Waals surface area (Å²) in [6.45, 7) is 1.46. The molecule has 0 spiro atoms. The van der Waals surface area contributed by atoms with Crippen LogP contribution in [0.15, 0.2) is 11.2 Å². The number of carbonyl (C=O) groups excluding carboxylic acids is 1. The van der Waals surface area contributed by atoms with Gasteiger partial charge in [-0.1, -0.05) is 28.4 Å². The Kier molecular flexibility index (Phi) is 4.98. The van der Waals surface area contributed by atoms with E-state index in [4.69, 9.17) is 34.1 Å². The van der Waals surface area contributed by atoms with Crippen LogP contribution in [-0.4, -0.2) is 47.5 Å². The van der Waals surface area contributed by atoms with E-state index in [0.717, 1.165) is 24.4 Å². The number of nitrogens with zero attached hydrogens (tertiary/aromatic N) is 2. The van der Waals surface area contributed by atoms with Crippen molar-refractivity contribution in [2.75, 3.05) is 20.1 Å². The predicted octanol–water partition coefficient (Wildman–Crippen LogP) is 2.00. The summed E-state index contributed by atoms with van der Waals surface area (Å²) >= 11 is 13.0. The molecule has 1 saturated heterocycles. The third-order valence-corrected chi connectivity index (χ3v) is 5.18. The fraction of sp³-hybridized carbons (Fsp3) is 0.500. The second-order valence-electron chi connectivity index (χ2n) is 5.06. The molecule has 0 bridgehead atoms. The van der Waals surface area contributed by atoms with Gasteiger partial charge in [-0.05, 0) is 26.0 Å². The number of likely N-dealkylation sites (tertiary alicyclic amines) is 1. The van der Waals surface area contributed by atoms with E-state index in [1.165, 1.54) is 6.07 Å². The highest BCUT2D eigenvalue weighted by atomic mass is 35.5. The first-order valence-electron chi connectivity index (χ1n) is 6.32. The second kappa shape index (κ2) is 6.39. The molecule has 1 aromatic rings. The molecule has 1 aliphatic rings. The van der Waals surface area contributed by atoms with E-state index in [9.17, 15) is 4.79 Å². The zero-order valence-corrected chi connectivity index (χ0v) is 13.7. The SMILES string of the molecule is CN1CCC(NC(=O)c2cc(Cl)sc2Cl)(/C(N)=N/O)CC1. The van der Waals surface area contributed by atoms with Crippen molar-refractivity contribution in [2.45, 2.75) is 18.4 Å². The molecule has 2 heterocycles. The number of thiophene rings is 1. The van der Waals surface area contributed by atoms with Crippen LogP contribution in [0.5, 0.6) is 0 Å². The number of rotatable bonds is 3. The largest absolute Gasteiger partial charge is 0.409 e. The molecular weight excluding hydrogens is 335 g/mol. The van der Waals surface area contributed by atoms with Gasteiger partial charge in [0.05, 0.1) is 9.90 Å². The molecule has 9 heteroatoms. The van der Waals surface area contributed by atoms with Crippen molar-refractivity contribution in [3.63, 3.8) is 0 Å². The molecule has 6 nitrogen and oxygen atoms in total. The fourth-order valence-electron chi connectivity index (χ4n) is 2.32. The topological polar surface area (TPSA) is 91.0 Å². The first-order valence-corrected chi connectivity index (χ1v) is 7.89. The van der Waals surface area contributed by atoms with Crippen LogP contribution in [0.3, 0.4) is 0 Å². The van der Waals surface area contributed by atoms with Gasteiger partial charge in [0.15, 0.2) is 5.84 Å². The lowest BCUT2D eigenvalue weighted by Crippen LogP contribution is -2.62. The van der Waals surface area contributed by atoms with Crippen LogP contribution >= 0.6 is 34.5 Å². The number of amidine groups is 1. The molecular formula is C12H16Cl2N4O2S. The number of hydrogen-bond acceptors (Lipinski definition) is 5. The van der Waals surface area contributed by atoms with Crippen molar-refractivity contribution in [3.8, 4) is 0 Å². The lowest BCUT2D eigenvalue weighted by molar-refractivity contribution is 0.0887. The normalized spacial score (nSPS) is 19.5. The third kappa shape index (κ3) is 3.42. The van der Waals surface area contributed by atoms with Crippen molar-refractivity contribution >= 4 is 46.3 Å². The summed E-state index contributed by atoms with van der Waals surface area (Å²) in [5.74, 6) is -0.374. The molecule has 116 valence electrons. The van der Waals surface area contributed by atoms with Crippen LogP contribution < -0.4 is 11.1 Å². The maximum absolute atomic E-state index is 12.4. The van der Waals surface area contributed by atoms with Gasteiger partial charge in [-0.15, -0.1) is 11.3 Å². The number of piperidine rings is 1. The van der Waals surface area contributed by atoms with Gasteiger partial charge in [0, 0.05) is 13.1 Å². The number of nitrogens with two attached hydrogens (primary N) is 1. The van der Waals surface area contributed by atoms with Gasteiger partial charge in [0.2, 0.25) is 0 Å². The van der Waals surface area contributed by atoms with Gasteiger partial charge in [-0.25, -0.2) is 0 Å². The van der Waals surface area contributed by atoms with Crippen LogP contribution in [0.25, 0.3) is 0 Å². The van der Waals surface area contributed by atoms with E-state index < -0.39 is 5.54 Å². The maximum atomic E-state index is 12.4. The molecule has 0 radical (unpaired) electrons. The molecule has 0 aromatic carbocycles. The average Bonchev–Trinajstić information content (AvgIpc) is 2.79. The Morgan fingerprint density at radius 3 is 2.62 bits per heavy atom. The minimum Gasteiger partial charge on any atom is -0.409 e. The van der Waals surface area contributed by atoms with Crippen LogP contribution in [-0.2, 0) is 0 Å². The van der Waals surface area contributed by atoms with Gasteiger partial charge < -0.3 is 21.2 Å². The molecule has 1 amide bonds. The maximum Gasteiger partial charge on any atom is 0.254 e. The summed E-state index contributed by atoms with van der Waals surface area (Å²) in [4.78, 5) is 14.5. The smallest absolute Gasteiger partial charge is 0.254 e. The van der Waals surface area contributed by atoms with Crippen molar-refractivity contribution in [1.82, 2.24) is 10.2 Å². The molecule has 0 aliphatic carbocycles. The molecule has 21 heavy (non-hydrogen) atoms. The Morgan fingerprint density at radius 1 is 1.52 bits per heavy atom. The first-order chi connectivity index (χ1) is 9.88. The van der Waals surface area contributed by atoms with Gasteiger partial charge in [0.25, 0.3) is 5.91 Å². The highest BCUT2D eigenvalue weighted by molar-refractivity contribution is 7.20. The first kappa shape index (κ1) is 16.4. The number of nitrogens with one attached hydrogen (secondary N) is 1. The molecule has 1 fully saturated rings. The Balaban J connectivity index is 2.23. The van der Waals surface area contributed by atoms with Gasteiger partial charge in [0.1, 0.15) is 9.88 Å². The van der Waals surface area contributed by atoms with Crippen LogP contribution in [0.4, 0.5) is 0 Å². The number of oxime groups is 1. The van der Waals surface area contributed by atoms with Crippen LogP contribution in [0.1, 0.15) is 23.2 Å². The zero-order valence-electron chi connectivity index (χ0n) is 11.4. The molecule has 1 aliphatic heterocycles. The number of hydrogen-bond donors (Lipinski definition) is 3. The Bertz CT molecular complexity index is 568. The van der Waals surface area contributed by atoms with E-state index in [1.807, 2.05) is 7.05 Å². The number of halogens is 2. The lowest BCUT2D eigenvalue weighted by Gasteiger charge is -2.40. The van der Waals surface area contributed by atoms with Crippen molar-refractivity contribution in [1.29, 1.82) is 0 Å². The summed E-state index contributed by atoms with van der Waals surface area (Å²) in [6, 6.07) is 1.51. The van der Waals surface area contributed by atoms with Gasteiger partial charge in [-0.2, -0.15) is 0 Å². The summed E-state index contributed by atoms with van der Waals surface area (Å²) < 4.78 is 0.756. The highest BCUT2D eigenvalue weighted by Crippen LogP contribution is 2.32.